The summed E-state index contributed by atoms with van der Waals surface area (Å²) in [5.74, 6) is -1.34. The summed E-state index contributed by atoms with van der Waals surface area (Å²) in [7, 11) is 3.28. The van der Waals surface area contributed by atoms with E-state index in [1.807, 2.05) is 12.1 Å². The minimum absolute atomic E-state index is 0.0439. The van der Waals surface area contributed by atoms with Gasteiger partial charge in [0, 0.05) is 48.2 Å². The van der Waals surface area contributed by atoms with E-state index in [2.05, 4.69) is 21.2 Å². The van der Waals surface area contributed by atoms with Gasteiger partial charge in [-0.25, -0.2) is 4.39 Å². The number of benzene rings is 3. The number of thioether (sulfide) groups is 1. The van der Waals surface area contributed by atoms with Crippen molar-refractivity contribution in [2.75, 3.05) is 26.0 Å². The summed E-state index contributed by atoms with van der Waals surface area (Å²) < 4.78 is 20.2. The standard InChI is InChI=1S/C27H24BrClFN3O4S/c1-32-12-11-24(26(32)35)38-23-6-4-3-5-21(23)31-25(34)27(36)33(2)15-16-7-8-17(28)13-22(16)37-18-9-10-20(30)19(29)14-18/h3-10,13-14,24H,11-12,15H2,1-2H3,(H,31,34). The van der Waals surface area contributed by atoms with Crippen LogP contribution < -0.4 is 10.1 Å². The second kappa shape index (κ2) is 12.2. The molecule has 0 aliphatic carbocycles. The van der Waals surface area contributed by atoms with Gasteiger partial charge in [-0.15, -0.1) is 11.8 Å². The zero-order valence-corrected chi connectivity index (χ0v) is 23.7. The quantitative estimate of drug-likeness (QED) is 0.330. The van der Waals surface area contributed by atoms with Crippen molar-refractivity contribution in [1.82, 2.24) is 9.80 Å². The molecule has 11 heteroatoms. The molecule has 1 fully saturated rings. The zero-order valence-electron chi connectivity index (χ0n) is 20.5. The number of ether oxygens (including phenoxy) is 1. The number of anilines is 1. The maximum absolute atomic E-state index is 13.5. The molecular weight excluding hydrogens is 597 g/mol. The van der Waals surface area contributed by atoms with E-state index in [0.717, 1.165) is 4.47 Å². The van der Waals surface area contributed by atoms with Crippen molar-refractivity contribution in [2.45, 2.75) is 23.1 Å². The van der Waals surface area contributed by atoms with Crippen LogP contribution in [0.5, 0.6) is 11.5 Å². The highest BCUT2D eigenvalue weighted by Crippen LogP contribution is 2.35. The maximum Gasteiger partial charge on any atom is 0.313 e. The first kappa shape index (κ1) is 27.9. The molecule has 7 nitrogen and oxygen atoms in total. The highest BCUT2D eigenvalue weighted by molar-refractivity contribution is 9.10. The number of likely N-dealkylation sites (tertiary alicyclic amines) is 1. The first-order valence-corrected chi connectivity index (χ1v) is 13.7. The number of hydrogen-bond donors (Lipinski definition) is 1. The summed E-state index contributed by atoms with van der Waals surface area (Å²) in [4.78, 5) is 41.8. The van der Waals surface area contributed by atoms with Gasteiger partial charge in [0.2, 0.25) is 5.91 Å². The molecular formula is C27H24BrClFN3O4S. The summed E-state index contributed by atoms with van der Waals surface area (Å²) in [6, 6.07) is 16.3. The molecule has 1 atom stereocenters. The van der Waals surface area contributed by atoms with Gasteiger partial charge in [-0.05, 0) is 42.8 Å². The topological polar surface area (TPSA) is 79.0 Å². The number of halogens is 3. The molecule has 1 saturated heterocycles. The maximum atomic E-state index is 13.5. The normalized spacial score (nSPS) is 14.9. The number of likely N-dealkylation sites (N-methyl/N-ethyl adjacent to an activating group) is 1. The zero-order chi connectivity index (χ0) is 27.4. The van der Waals surface area contributed by atoms with Gasteiger partial charge < -0.3 is 19.9 Å². The average Bonchev–Trinajstić information content (AvgIpc) is 3.20. The Kier molecular flexibility index (Phi) is 8.96. The molecule has 0 radical (unpaired) electrons. The first-order valence-electron chi connectivity index (χ1n) is 11.6. The van der Waals surface area contributed by atoms with Crippen molar-refractivity contribution in [3.8, 4) is 11.5 Å². The second-order valence-corrected chi connectivity index (χ2v) is 11.3. The fourth-order valence-electron chi connectivity index (χ4n) is 3.82. The summed E-state index contributed by atoms with van der Waals surface area (Å²) >= 11 is 10.6. The fraction of sp³-hybridized carbons (Fsp3) is 0.222. The number of para-hydroxylation sites is 1. The van der Waals surface area contributed by atoms with E-state index >= 15 is 0 Å². The molecule has 3 aromatic rings. The lowest BCUT2D eigenvalue weighted by atomic mass is 10.2. The van der Waals surface area contributed by atoms with Gasteiger partial charge in [0.25, 0.3) is 0 Å². The molecule has 0 aromatic heterocycles. The van der Waals surface area contributed by atoms with Gasteiger partial charge in [-0.1, -0.05) is 45.7 Å². The Balaban J connectivity index is 1.45. The fourth-order valence-corrected chi connectivity index (χ4v) is 5.55. The first-order chi connectivity index (χ1) is 18.1. The molecule has 198 valence electrons. The molecule has 1 aliphatic rings. The summed E-state index contributed by atoms with van der Waals surface area (Å²) in [5.41, 5.74) is 1.09. The average molecular weight is 621 g/mol. The van der Waals surface area contributed by atoms with E-state index in [4.69, 9.17) is 16.3 Å². The van der Waals surface area contributed by atoms with E-state index < -0.39 is 17.6 Å². The van der Waals surface area contributed by atoms with Crippen LogP contribution in [0, 0.1) is 5.82 Å². The third-order valence-corrected chi connectivity index (χ3v) is 7.99. The van der Waals surface area contributed by atoms with E-state index in [1.165, 1.54) is 41.9 Å². The second-order valence-electron chi connectivity index (χ2n) is 8.70. The lowest BCUT2D eigenvalue weighted by molar-refractivity contribution is -0.142. The SMILES string of the molecule is CN(Cc1ccc(Br)cc1Oc1ccc(F)c(Cl)c1)C(=O)C(=O)Nc1ccccc1SC1CCN(C)C1=O. The van der Waals surface area contributed by atoms with Gasteiger partial charge in [0.05, 0.1) is 16.0 Å². The van der Waals surface area contributed by atoms with Gasteiger partial charge in [-0.2, -0.15) is 0 Å². The summed E-state index contributed by atoms with van der Waals surface area (Å²) in [5, 5.41) is 2.38. The molecule has 1 heterocycles. The van der Waals surface area contributed by atoms with Crippen molar-refractivity contribution in [2.24, 2.45) is 0 Å². The Labute approximate surface area is 237 Å². The third-order valence-electron chi connectivity index (χ3n) is 5.88. The van der Waals surface area contributed by atoms with E-state index in [1.54, 1.807) is 42.3 Å². The summed E-state index contributed by atoms with van der Waals surface area (Å²) in [6.07, 6.45) is 0.714. The van der Waals surface area contributed by atoms with Crippen molar-refractivity contribution in [3.63, 3.8) is 0 Å². The highest BCUT2D eigenvalue weighted by Gasteiger charge is 2.31. The molecule has 4 rings (SSSR count). The molecule has 1 unspecified atom stereocenters. The molecule has 0 bridgehead atoms. The van der Waals surface area contributed by atoms with E-state index in [-0.39, 0.29) is 22.7 Å². The highest BCUT2D eigenvalue weighted by atomic mass is 79.9. The summed E-state index contributed by atoms with van der Waals surface area (Å²) in [6.45, 7) is 0.757. The van der Waals surface area contributed by atoms with Crippen LogP contribution in [0.25, 0.3) is 0 Å². The number of hydrogen-bond acceptors (Lipinski definition) is 5. The van der Waals surface area contributed by atoms with Crippen molar-refractivity contribution in [1.29, 1.82) is 0 Å². The lowest BCUT2D eigenvalue weighted by Gasteiger charge is -2.20. The predicted molar refractivity (Wildman–Crippen MR) is 149 cm³/mol. The lowest BCUT2D eigenvalue weighted by Crippen LogP contribution is -2.36. The van der Waals surface area contributed by atoms with Crippen molar-refractivity contribution < 1.29 is 23.5 Å². The molecule has 3 amide bonds. The Hall–Kier alpha value is -3.08. The Morgan fingerprint density at radius 3 is 2.68 bits per heavy atom. The number of amides is 3. The van der Waals surface area contributed by atoms with Crippen LogP contribution in [0.2, 0.25) is 5.02 Å². The minimum Gasteiger partial charge on any atom is -0.457 e. The molecule has 1 N–H and O–H groups in total. The van der Waals surface area contributed by atoms with Crippen LogP contribution in [0.3, 0.4) is 0 Å². The number of carbonyl (C=O) groups is 3. The molecule has 3 aromatic carbocycles. The monoisotopic (exact) mass is 619 g/mol. The molecule has 0 saturated carbocycles. The van der Waals surface area contributed by atoms with Gasteiger partial charge in [0.15, 0.2) is 0 Å². The molecule has 1 aliphatic heterocycles. The predicted octanol–water partition coefficient (Wildman–Crippen LogP) is 5.95. The number of carbonyl (C=O) groups excluding carboxylic acids is 3. The van der Waals surface area contributed by atoms with Crippen LogP contribution in [0.4, 0.5) is 10.1 Å². The van der Waals surface area contributed by atoms with Crippen LogP contribution in [0.1, 0.15) is 12.0 Å². The van der Waals surface area contributed by atoms with Gasteiger partial charge in [-0.3, -0.25) is 14.4 Å². The van der Waals surface area contributed by atoms with Gasteiger partial charge >= 0.3 is 11.8 Å². The van der Waals surface area contributed by atoms with E-state index in [0.29, 0.717) is 40.6 Å². The van der Waals surface area contributed by atoms with E-state index in [9.17, 15) is 18.8 Å². The van der Waals surface area contributed by atoms with Crippen molar-refractivity contribution >= 4 is 62.7 Å². The Bertz CT molecular complexity index is 1390. The minimum atomic E-state index is -0.805. The largest absolute Gasteiger partial charge is 0.457 e. The smallest absolute Gasteiger partial charge is 0.313 e. The van der Waals surface area contributed by atoms with Crippen molar-refractivity contribution in [3.05, 3.63) is 81.5 Å². The van der Waals surface area contributed by atoms with Gasteiger partial charge in [0.1, 0.15) is 17.3 Å². The number of rotatable bonds is 7. The Morgan fingerprint density at radius 1 is 1.21 bits per heavy atom. The number of nitrogens with zero attached hydrogens (tertiary/aromatic N) is 2. The van der Waals surface area contributed by atoms with Crippen LogP contribution >= 0.6 is 39.3 Å². The van der Waals surface area contributed by atoms with Crippen LogP contribution in [-0.4, -0.2) is 53.4 Å². The van der Waals surface area contributed by atoms with Crippen LogP contribution in [-0.2, 0) is 20.9 Å². The number of nitrogens with one attached hydrogen (secondary N) is 1. The molecule has 0 spiro atoms. The Morgan fingerprint density at radius 2 is 1.97 bits per heavy atom. The molecule has 38 heavy (non-hydrogen) atoms. The third kappa shape index (κ3) is 6.67. The van der Waals surface area contributed by atoms with Crippen LogP contribution in [0.15, 0.2) is 70.0 Å².